The zero-order chi connectivity index (χ0) is 16.2. The Labute approximate surface area is 134 Å². The van der Waals surface area contributed by atoms with Gasteiger partial charge in [0.05, 0.1) is 19.1 Å². The molecule has 0 spiro atoms. The van der Waals surface area contributed by atoms with E-state index in [2.05, 4.69) is 20.3 Å². The van der Waals surface area contributed by atoms with Crippen LogP contribution < -0.4 is 5.32 Å². The maximum atomic E-state index is 12.1. The number of ether oxygens (including phenoxy) is 1. The summed E-state index contributed by atoms with van der Waals surface area (Å²) in [4.78, 5) is 34.5. The monoisotopic (exact) mass is 332 g/mol. The van der Waals surface area contributed by atoms with Gasteiger partial charge in [0.2, 0.25) is 5.95 Å². The van der Waals surface area contributed by atoms with Gasteiger partial charge in [-0.1, -0.05) is 0 Å². The summed E-state index contributed by atoms with van der Waals surface area (Å²) in [6.45, 7) is 1.96. The van der Waals surface area contributed by atoms with Gasteiger partial charge in [0.1, 0.15) is 22.7 Å². The molecule has 0 aliphatic rings. The summed E-state index contributed by atoms with van der Waals surface area (Å²) in [5, 5.41) is 4.85. The zero-order valence-corrected chi connectivity index (χ0v) is 12.8. The molecule has 3 rings (SSSR count). The number of amides is 1. The van der Waals surface area contributed by atoms with E-state index in [0.717, 1.165) is 5.56 Å². The lowest BCUT2D eigenvalue weighted by Crippen LogP contribution is -2.13. The van der Waals surface area contributed by atoms with Crippen molar-refractivity contribution in [2.45, 2.75) is 6.92 Å². The molecule has 0 fully saturated rings. The topological polar surface area (TPSA) is 110 Å². The molecular formula is C14H12N4O4S. The average Bonchev–Trinajstić information content (AvgIpc) is 3.28. The zero-order valence-electron chi connectivity index (χ0n) is 12.0. The summed E-state index contributed by atoms with van der Waals surface area (Å²) in [6, 6.07) is 1.76. The van der Waals surface area contributed by atoms with Gasteiger partial charge in [-0.25, -0.2) is 14.8 Å². The molecule has 1 amide bonds. The van der Waals surface area contributed by atoms with E-state index in [-0.39, 0.29) is 23.9 Å². The first-order valence-corrected chi connectivity index (χ1v) is 7.57. The van der Waals surface area contributed by atoms with Crippen LogP contribution >= 0.6 is 11.3 Å². The van der Waals surface area contributed by atoms with Gasteiger partial charge in [0.25, 0.3) is 5.91 Å². The molecule has 0 atom stereocenters. The average molecular weight is 332 g/mol. The molecule has 0 bridgehead atoms. The lowest BCUT2D eigenvalue weighted by molar-refractivity contribution is 0.0520. The van der Waals surface area contributed by atoms with Crippen LogP contribution in [0.3, 0.4) is 0 Å². The van der Waals surface area contributed by atoms with Gasteiger partial charge in [0.15, 0.2) is 0 Å². The van der Waals surface area contributed by atoms with E-state index in [1.165, 1.54) is 23.8 Å². The predicted molar refractivity (Wildman–Crippen MR) is 82.3 cm³/mol. The van der Waals surface area contributed by atoms with Crippen molar-refractivity contribution in [2.24, 2.45) is 0 Å². The van der Waals surface area contributed by atoms with Crippen molar-refractivity contribution in [3.63, 3.8) is 0 Å². The molecule has 0 saturated carbocycles. The maximum Gasteiger partial charge on any atom is 0.356 e. The summed E-state index contributed by atoms with van der Waals surface area (Å²) >= 11 is 1.33. The van der Waals surface area contributed by atoms with Crippen LogP contribution in [0.4, 0.5) is 5.95 Å². The van der Waals surface area contributed by atoms with Crippen LogP contribution in [0.2, 0.25) is 0 Å². The van der Waals surface area contributed by atoms with Gasteiger partial charge < -0.3 is 14.1 Å². The molecule has 9 heteroatoms. The second kappa shape index (κ2) is 6.44. The molecule has 23 heavy (non-hydrogen) atoms. The van der Waals surface area contributed by atoms with Crippen LogP contribution in [0, 0.1) is 0 Å². The Morgan fingerprint density at radius 1 is 1.48 bits per heavy atom. The number of nitrogens with zero attached hydrogens (tertiary/aromatic N) is 2. The number of aromatic amines is 1. The highest BCUT2D eigenvalue weighted by Crippen LogP contribution is 2.24. The highest BCUT2D eigenvalue weighted by Gasteiger charge is 2.16. The SMILES string of the molecule is CCOC(=O)c1cnc(NC(=O)c2csc(-c3ccoc3)n2)[nH]1. The van der Waals surface area contributed by atoms with E-state index in [9.17, 15) is 9.59 Å². The molecule has 0 aromatic carbocycles. The summed E-state index contributed by atoms with van der Waals surface area (Å²) < 4.78 is 9.82. The molecule has 118 valence electrons. The summed E-state index contributed by atoms with van der Waals surface area (Å²) in [6.07, 6.45) is 4.39. The minimum Gasteiger partial charge on any atom is -0.472 e. The van der Waals surface area contributed by atoms with Crippen molar-refractivity contribution >= 4 is 29.2 Å². The molecule has 3 aromatic heterocycles. The van der Waals surface area contributed by atoms with Gasteiger partial charge in [-0.15, -0.1) is 11.3 Å². The first-order valence-electron chi connectivity index (χ1n) is 6.69. The maximum absolute atomic E-state index is 12.1. The lowest BCUT2D eigenvalue weighted by atomic mass is 10.3. The van der Waals surface area contributed by atoms with Crippen molar-refractivity contribution in [2.75, 3.05) is 11.9 Å². The second-order valence-corrected chi connectivity index (χ2v) is 5.23. The fourth-order valence-corrected chi connectivity index (χ4v) is 2.55. The van der Waals surface area contributed by atoms with Gasteiger partial charge in [-0.2, -0.15) is 0 Å². The van der Waals surface area contributed by atoms with Crippen molar-refractivity contribution in [1.29, 1.82) is 0 Å². The highest BCUT2D eigenvalue weighted by molar-refractivity contribution is 7.13. The third kappa shape index (κ3) is 3.29. The summed E-state index contributed by atoms with van der Waals surface area (Å²) in [7, 11) is 0. The van der Waals surface area contributed by atoms with Crippen molar-refractivity contribution < 1.29 is 18.7 Å². The molecule has 0 aliphatic carbocycles. The minimum atomic E-state index is -0.531. The molecule has 2 N–H and O–H groups in total. The Hall–Kier alpha value is -2.94. The number of aromatic nitrogens is 3. The first kappa shape index (κ1) is 15.0. The Morgan fingerprint density at radius 3 is 3.09 bits per heavy atom. The normalized spacial score (nSPS) is 10.5. The highest BCUT2D eigenvalue weighted by atomic mass is 32.1. The fourth-order valence-electron chi connectivity index (χ4n) is 1.77. The number of imidazole rings is 1. The van der Waals surface area contributed by atoms with Crippen LogP contribution in [-0.4, -0.2) is 33.4 Å². The molecule has 8 nitrogen and oxygen atoms in total. The standard InChI is InChI=1S/C14H12N4O4S/c1-2-22-13(20)9-5-15-14(17-9)18-11(19)10-7-23-12(16-10)8-3-4-21-6-8/h3-7H,2H2,1H3,(H2,15,17,18,19). The Morgan fingerprint density at radius 2 is 2.35 bits per heavy atom. The fraction of sp³-hybridized carbons (Fsp3) is 0.143. The predicted octanol–water partition coefficient (Wildman–Crippen LogP) is 2.56. The van der Waals surface area contributed by atoms with E-state index < -0.39 is 11.9 Å². The van der Waals surface area contributed by atoms with Gasteiger partial charge in [-0.3, -0.25) is 10.1 Å². The van der Waals surface area contributed by atoms with E-state index in [4.69, 9.17) is 9.15 Å². The minimum absolute atomic E-state index is 0.149. The number of carbonyl (C=O) groups is 2. The van der Waals surface area contributed by atoms with Gasteiger partial charge >= 0.3 is 5.97 Å². The van der Waals surface area contributed by atoms with Crippen molar-refractivity contribution in [1.82, 2.24) is 15.0 Å². The molecule has 0 saturated heterocycles. The molecular weight excluding hydrogens is 320 g/mol. The third-order valence-electron chi connectivity index (χ3n) is 2.81. The van der Waals surface area contributed by atoms with E-state index in [1.807, 2.05) is 0 Å². The number of hydrogen-bond acceptors (Lipinski definition) is 7. The number of carbonyl (C=O) groups excluding carboxylic acids is 2. The number of rotatable bonds is 5. The number of esters is 1. The van der Waals surface area contributed by atoms with E-state index >= 15 is 0 Å². The first-order chi connectivity index (χ1) is 11.2. The Kier molecular flexibility index (Phi) is 4.20. The molecule has 3 heterocycles. The van der Waals surface area contributed by atoms with E-state index in [0.29, 0.717) is 5.01 Å². The third-order valence-corrected chi connectivity index (χ3v) is 3.70. The lowest BCUT2D eigenvalue weighted by Gasteiger charge is -1.99. The Balaban J connectivity index is 1.69. The molecule has 0 unspecified atom stereocenters. The smallest absolute Gasteiger partial charge is 0.356 e. The number of anilines is 1. The number of H-pyrrole nitrogens is 1. The van der Waals surface area contributed by atoms with E-state index in [1.54, 1.807) is 24.6 Å². The molecule has 0 radical (unpaired) electrons. The largest absolute Gasteiger partial charge is 0.472 e. The van der Waals surface area contributed by atoms with Crippen LogP contribution in [0.15, 0.2) is 34.6 Å². The molecule has 3 aromatic rings. The second-order valence-electron chi connectivity index (χ2n) is 4.37. The van der Waals surface area contributed by atoms with Gasteiger partial charge in [0, 0.05) is 10.9 Å². The number of furan rings is 1. The van der Waals surface area contributed by atoms with Gasteiger partial charge in [-0.05, 0) is 13.0 Å². The quantitative estimate of drug-likeness (QED) is 0.695. The Bertz CT molecular complexity index is 822. The van der Waals surface area contributed by atoms with Crippen molar-refractivity contribution in [3.05, 3.63) is 41.6 Å². The number of thiazole rings is 1. The van der Waals surface area contributed by atoms with Crippen LogP contribution in [-0.2, 0) is 4.74 Å². The number of hydrogen-bond donors (Lipinski definition) is 2. The molecule has 0 aliphatic heterocycles. The van der Waals surface area contributed by atoms with Crippen LogP contribution in [0.1, 0.15) is 27.9 Å². The summed E-state index contributed by atoms with van der Waals surface area (Å²) in [5.74, 6) is -0.812. The number of nitrogens with one attached hydrogen (secondary N) is 2. The van der Waals surface area contributed by atoms with Crippen LogP contribution in [0.25, 0.3) is 10.6 Å². The van der Waals surface area contributed by atoms with Crippen molar-refractivity contribution in [3.8, 4) is 10.6 Å². The van der Waals surface area contributed by atoms with Crippen LogP contribution in [0.5, 0.6) is 0 Å². The summed E-state index contributed by atoms with van der Waals surface area (Å²) in [5.41, 5.74) is 1.22.